The molecule has 7 heteroatoms. The fraction of sp³-hybridized carbons (Fsp3) is 0.100. The van der Waals surface area contributed by atoms with Gasteiger partial charge in [-0.2, -0.15) is 0 Å². The molecule has 0 radical (unpaired) electrons. The van der Waals surface area contributed by atoms with Crippen molar-refractivity contribution in [2.45, 2.75) is 13.5 Å². The van der Waals surface area contributed by atoms with Crippen LogP contribution in [-0.2, 0) is 6.54 Å². The Balaban J connectivity index is 1.60. The number of halogens is 1. The molecular formula is C20H17FN4O2. The predicted molar refractivity (Wildman–Crippen MR) is 100 cm³/mol. The zero-order chi connectivity index (χ0) is 19.2. The van der Waals surface area contributed by atoms with Crippen molar-refractivity contribution in [1.29, 1.82) is 0 Å². The fourth-order valence-electron chi connectivity index (χ4n) is 2.35. The number of Topliss-reactive ketones (excluding diaryl/α,β-unsaturated/α-hetero) is 1. The van der Waals surface area contributed by atoms with E-state index in [9.17, 15) is 14.0 Å². The number of ketones is 1. The lowest BCUT2D eigenvalue weighted by Crippen LogP contribution is -2.15. The molecule has 0 aliphatic heterocycles. The maximum Gasteiger partial charge on any atom is 0.276 e. The highest BCUT2D eigenvalue weighted by atomic mass is 19.1. The first-order chi connectivity index (χ1) is 13.0. The Kier molecular flexibility index (Phi) is 5.51. The van der Waals surface area contributed by atoms with Gasteiger partial charge in [0.25, 0.3) is 5.91 Å². The highest BCUT2D eigenvalue weighted by Gasteiger charge is 2.10. The molecule has 0 fully saturated rings. The van der Waals surface area contributed by atoms with Crippen molar-refractivity contribution in [3.8, 4) is 0 Å². The van der Waals surface area contributed by atoms with Crippen LogP contribution < -0.4 is 10.6 Å². The van der Waals surface area contributed by atoms with E-state index in [1.54, 1.807) is 48.5 Å². The molecule has 6 nitrogen and oxygen atoms in total. The van der Waals surface area contributed by atoms with Gasteiger partial charge in [-0.3, -0.25) is 9.59 Å². The molecule has 0 saturated carbocycles. The fourth-order valence-corrected chi connectivity index (χ4v) is 2.35. The van der Waals surface area contributed by atoms with Crippen molar-refractivity contribution in [3.05, 3.63) is 83.3 Å². The molecule has 0 aliphatic carbocycles. The molecule has 1 aromatic heterocycles. The number of nitrogens with zero attached hydrogens (tertiary/aromatic N) is 2. The van der Waals surface area contributed by atoms with Crippen LogP contribution in [0.25, 0.3) is 0 Å². The lowest BCUT2D eigenvalue weighted by molar-refractivity contribution is 0.100. The standard InChI is InChI=1S/C20H17FN4O2/c1-13(26)15-3-2-4-17(11-15)23-20(27)18-9-10-19(25-24-18)22-12-14-5-7-16(21)8-6-14/h2-11H,12H2,1H3,(H,22,25)(H,23,27). The van der Waals surface area contributed by atoms with Crippen LogP contribution in [0.4, 0.5) is 15.9 Å². The van der Waals surface area contributed by atoms with Crippen molar-refractivity contribution in [1.82, 2.24) is 10.2 Å². The lowest BCUT2D eigenvalue weighted by atomic mass is 10.1. The van der Waals surface area contributed by atoms with Crippen LogP contribution in [0.1, 0.15) is 33.3 Å². The van der Waals surface area contributed by atoms with Gasteiger partial charge < -0.3 is 10.6 Å². The molecule has 3 aromatic rings. The quantitative estimate of drug-likeness (QED) is 0.652. The molecule has 2 N–H and O–H groups in total. The third-order valence-corrected chi connectivity index (χ3v) is 3.81. The monoisotopic (exact) mass is 364 g/mol. The van der Waals surface area contributed by atoms with Gasteiger partial charge in [-0.15, -0.1) is 10.2 Å². The molecule has 2 aromatic carbocycles. The molecule has 0 bridgehead atoms. The zero-order valence-corrected chi connectivity index (χ0v) is 14.6. The summed E-state index contributed by atoms with van der Waals surface area (Å²) in [5, 5.41) is 13.6. The van der Waals surface area contributed by atoms with Gasteiger partial charge in [0.2, 0.25) is 0 Å². The molecule has 0 unspecified atom stereocenters. The van der Waals surface area contributed by atoms with Gasteiger partial charge in [-0.1, -0.05) is 24.3 Å². The van der Waals surface area contributed by atoms with E-state index in [0.29, 0.717) is 23.6 Å². The molecule has 27 heavy (non-hydrogen) atoms. The second-order valence-electron chi connectivity index (χ2n) is 5.87. The first kappa shape index (κ1) is 18.2. The number of anilines is 2. The summed E-state index contributed by atoms with van der Waals surface area (Å²) in [7, 11) is 0. The van der Waals surface area contributed by atoms with Crippen molar-refractivity contribution >= 4 is 23.2 Å². The molecule has 0 spiro atoms. The third-order valence-electron chi connectivity index (χ3n) is 3.81. The summed E-state index contributed by atoms with van der Waals surface area (Å²) >= 11 is 0. The van der Waals surface area contributed by atoms with Gasteiger partial charge in [0, 0.05) is 17.8 Å². The van der Waals surface area contributed by atoms with Crippen molar-refractivity contribution in [2.75, 3.05) is 10.6 Å². The van der Waals surface area contributed by atoms with Crippen molar-refractivity contribution in [2.24, 2.45) is 0 Å². The highest BCUT2D eigenvalue weighted by Crippen LogP contribution is 2.13. The van der Waals surface area contributed by atoms with Crippen molar-refractivity contribution < 1.29 is 14.0 Å². The Bertz CT molecular complexity index is 956. The second-order valence-corrected chi connectivity index (χ2v) is 5.87. The largest absolute Gasteiger partial charge is 0.365 e. The molecular weight excluding hydrogens is 347 g/mol. The number of nitrogens with one attached hydrogen (secondary N) is 2. The number of benzene rings is 2. The number of carbonyl (C=O) groups excluding carboxylic acids is 2. The number of rotatable bonds is 6. The molecule has 0 atom stereocenters. The summed E-state index contributed by atoms with van der Waals surface area (Å²) in [6.45, 7) is 1.92. The van der Waals surface area contributed by atoms with Gasteiger partial charge in [0.1, 0.15) is 11.6 Å². The minimum Gasteiger partial charge on any atom is -0.365 e. The van der Waals surface area contributed by atoms with Gasteiger partial charge >= 0.3 is 0 Å². The maximum atomic E-state index is 12.9. The second kappa shape index (κ2) is 8.18. The molecule has 0 aliphatic rings. The first-order valence-electron chi connectivity index (χ1n) is 8.25. The SMILES string of the molecule is CC(=O)c1cccc(NC(=O)c2ccc(NCc3ccc(F)cc3)nn2)c1. The number of carbonyl (C=O) groups is 2. The summed E-state index contributed by atoms with van der Waals surface area (Å²) < 4.78 is 12.9. The molecule has 136 valence electrons. The summed E-state index contributed by atoms with van der Waals surface area (Å²) in [5.74, 6) is -0.298. The van der Waals surface area contributed by atoms with E-state index in [4.69, 9.17) is 0 Å². The van der Waals surface area contributed by atoms with E-state index in [2.05, 4.69) is 20.8 Å². The summed E-state index contributed by atoms with van der Waals surface area (Å²) in [6, 6.07) is 16.0. The van der Waals surface area contributed by atoms with Crippen LogP contribution in [0.3, 0.4) is 0 Å². The predicted octanol–water partition coefficient (Wildman–Crippen LogP) is 3.68. The number of hydrogen-bond donors (Lipinski definition) is 2. The van der Waals surface area contributed by atoms with E-state index in [-0.39, 0.29) is 17.3 Å². The van der Waals surface area contributed by atoms with Crippen LogP contribution in [-0.4, -0.2) is 21.9 Å². The highest BCUT2D eigenvalue weighted by molar-refractivity contribution is 6.03. The average Bonchev–Trinajstić information content (AvgIpc) is 2.68. The average molecular weight is 364 g/mol. The Morgan fingerprint density at radius 2 is 1.78 bits per heavy atom. The van der Waals surface area contributed by atoms with E-state index < -0.39 is 5.91 Å². The lowest BCUT2D eigenvalue weighted by Gasteiger charge is -2.07. The minimum atomic E-state index is -0.423. The summed E-state index contributed by atoms with van der Waals surface area (Å²) in [6.07, 6.45) is 0. The van der Waals surface area contributed by atoms with Crippen LogP contribution in [0.15, 0.2) is 60.7 Å². The number of amides is 1. The van der Waals surface area contributed by atoms with Gasteiger partial charge in [0.05, 0.1) is 0 Å². The Labute approximate surface area is 155 Å². The molecule has 1 amide bonds. The third kappa shape index (κ3) is 4.94. The molecule has 3 rings (SSSR count). The topological polar surface area (TPSA) is 84.0 Å². The number of aromatic nitrogens is 2. The molecule has 0 saturated heterocycles. The summed E-state index contributed by atoms with van der Waals surface area (Å²) in [4.78, 5) is 23.7. The smallest absolute Gasteiger partial charge is 0.276 e. The first-order valence-corrected chi connectivity index (χ1v) is 8.25. The normalized spacial score (nSPS) is 10.3. The van der Waals surface area contributed by atoms with Crippen LogP contribution in [0, 0.1) is 5.82 Å². The van der Waals surface area contributed by atoms with Gasteiger partial charge in [-0.25, -0.2) is 4.39 Å². The maximum absolute atomic E-state index is 12.9. The zero-order valence-electron chi connectivity index (χ0n) is 14.6. The Morgan fingerprint density at radius 1 is 1.00 bits per heavy atom. The van der Waals surface area contributed by atoms with E-state index in [1.807, 2.05) is 0 Å². The minimum absolute atomic E-state index is 0.0810. The van der Waals surface area contributed by atoms with Gasteiger partial charge in [-0.05, 0) is 48.9 Å². The van der Waals surface area contributed by atoms with E-state index >= 15 is 0 Å². The number of hydrogen-bond acceptors (Lipinski definition) is 5. The van der Waals surface area contributed by atoms with Crippen LogP contribution >= 0.6 is 0 Å². The molecule has 1 heterocycles. The summed E-state index contributed by atoms with van der Waals surface area (Å²) in [5.41, 5.74) is 2.06. The Morgan fingerprint density at radius 3 is 2.44 bits per heavy atom. The Hall–Kier alpha value is -3.61. The van der Waals surface area contributed by atoms with E-state index in [1.165, 1.54) is 19.1 Å². The van der Waals surface area contributed by atoms with Crippen LogP contribution in [0.2, 0.25) is 0 Å². The van der Waals surface area contributed by atoms with E-state index in [0.717, 1.165) is 5.56 Å². The van der Waals surface area contributed by atoms with Crippen molar-refractivity contribution in [3.63, 3.8) is 0 Å². The van der Waals surface area contributed by atoms with Gasteiger partial charge in [0.15, 0.2) is 11.5 Å². The van der Waals surface area contributed by atoms with Crippen LogP contribution in [0.5, 0.6) is 0 Å².